The van der Waals surface area contributed by atoms with Crippen molar-refractivity contribution in [2.24, 2.45) is 0 Å². The lowest BCUT2D eigenvalue weighted by Crippen LogP contribution is -2.62. The van der Waals surface area contributed by atoms with E-state index >= 15 is 0 Å². The number of aromatic nitrogens is 4. The van der Waals surface area contributed by atoms with E-state index in [0.717, 1.165) is 0 Å². The second kappa shape index (κ2) is 9.30. The number of nitrogens with zero attached hydrogens (tertiary/aromatic N) is 6. The third-order valence-corrected chi connectivity index (χ3v) is 5.88. The molecule has 0 atom stereocenters. The van der Waals surface area contributed by atoms with Crippen molar-refractivity contribution in [3.8, 4) is 17.3 Å². The van der Waals surface area contributed by atoms with Crippen LogP contribution in [0.1, 0.15) is 35.0 Å². The third kappa shape index (κ3) is 4.54. The first-order valence-corrected chi connectivity index (χ1v) is 11.0. The van der Waals surface area contributed by atoms with Crippen LogP contribution in [0.3, 0.4) is 0 Å². The predicted octanol–water partition coefficient (Wildman–Crippen LogP) is 2.71. The SMILES string of the molecule is COc1ccc(C(=O)N2CCN(C(=O)c3ncn(-c4cccc(Cl)c4)n3)C(C)(C)C2)nc1OC. The lowest BCUT2D eigenvalue weighted by molar-refractivity contribution is 0.0158. The number of benzene rings is 1. The number of hydrogen-bond acceptors (Lipinski definition) is 7. The number of carbonyl (C=O) groups excluding carboxylic acids is 2. The number of piperazine rings is 1. The van der Waals surface area contributed by atoms with Gasteiger partial charge in [-0.2, -0.15) is 0 Å². The minimum absolute atomic E-state index is 0.0781. The molecule has 1 saturated heterocycles. The fraction of sp³-hybridized carbons (Fsp3) is 0.348. The van der Waals surface area contributed by atoms with Gasteiger partial charge in [0.2, 0.25) is 5.82 Å². The third-order valence-electron chi connectivity index (χ3n) is 5.65. The summed E-state index contributed by atoms with van der Waals surface area (Å²) < 4.78 is 11.9. The zero-order valence-electron chi connectivity index (χ0n) is 19.4. The standard InChI is InChI=1S/C23H25ClN6O4/c1-23(2)13-28(21(31)17-8-9-18(33-3)20(26-17)34-4)10-11-29(23)22(32)19-25-14-30(27-19)16-7-5-6-15(24)12-16/h5-9,12,14H,10-11,13H2,1-4H3. The van der Waals surface area contributed by atoms with Crippen molar-refractivity contribution in [1.29, 1.82) is 0 Å². The molecule has 2 amide bonds. The monoisotopic (exact) mass is 484 g/mol. The number of pyridine rings is 1. The molecule has 1 aromatic carbocycles. The van der Waals surface area contributed by atoms with E-state index in [1.165, 1.54) is 25.2 Å². The van der Waals surface area contributed by atoms with Crippen LogP contribution in [-0.4, -0.2) is 80.8 Å². The molecule has 0 aliphatic carbocycles. The quantitative estimate of drug-likeness (QED) is 0.548. The first kappa shape index (κ1) is 23.5. The van der Waals surface area contributed by atoms with E-state index in [1.807, 2.05) is 19.9 Å². The van der Waals surface area contributed by atoms with Gasteiger partial charge in [-0.05, 0) is 44.2 Å². The van der Waals surface area contributed by atoms with Gasteiger partial charge in [0.05, 0.1) is 25.4 Å². The van der Waals surface area contributed by atoms with Gasteiger partial charge in [0.15, 0.2) is 5.75 Å². The maximum absolute atomic E-state index is 13.2. The summed E-state index contributed by atoms with van der Waals surface area (Å²) in [4.78, 5) is 38.2. The topological polar surface area (TPSA) is 103 Å². The number of hydrogen-bond donors (Lipinski definition) is 0. The molecular weight excluding hydrogens is 460 g/mol. The second-order valence-electron chi connectivity index (χ2n) is 8.40. The Morgan fingerprint density at radius 3 is 2.53 bits per heavy atom. The molecule has 4 rings (SSSR count). The zero-order valence-corrected chi connectivity index (χ0v) is 20.1. The van der Waals surface area contributed by atoms with Crippen LogP contribution in [0, 0.1) is 0 Å². The number of methoxy groups -OCH3 is 2. The average molecular weight is 485 g/mol. The predicted molar refractivity (Wildman–Crippen MR) is 125 cm³/mol. The van der Waals surface area contributed by atoms with Gasteiger partial charge < -0.3 is 19.3 Å². The Hall–Kier alpha value is -3.66. The molecule has 0 saturated carbocycles. The molecule has 0 spiro atoms. The highest BCUT2D eigenvalue weighted by Crippen LogP contribution is 2.27. The van der Waals surface area contributed by atoms with Gasteiger partial charge in [0.1, 0.15) is 12.0 Å². The highest BCUT2D eigenvalue weighted by Gasteiger charge is 2.40. The second-order valence-corrected chi connectivity index (χ2v) is 8.83. The zero-order chi connectivity index (χ0) is 24.5. The van der Waals surface area contributed by atoms with Gasteiger partial charge in [-0.15, -0.1) is 5.10 Å². The average Bonchev–Trinajstić information content (AvgIpc) is 3.32. The van der Waals surface area contributed by atoms with Crippen LogP contribution in [0.15, 0.2) is 42.7 Å². The van der Waals surface area contributed by atoms with Crippen molar-refractivity contribution in [3.05, 3.63) is 59.3 Å². The molecular formula is C23H25ClN6O4. The smallest absolute Gasteiger partial charge is 0.294 e. The van der Waals surface area contributed by atoms with E-state index in [4.69, 9.17) is 21.1 Å². The lowest BCUT2D eigenvalue weighted by atomic mass is 9.98. The van der Waals surface area contributed by atoms with E-state index in [0.29, 0.717) is 36.1 Å². The molecule has 1 fully saturated rings. The maximum Gasteiger partial charge on any atom is 0.294 e. The van der Waals surface area contributed by atoms with Crippen molar-refractivity contribution in [3.63, 3.8) is 0 Å². The molecule has 0 N–H and O–H groups in total. The number of rotatable bonds is 5. The molecule has 1 aliphatic rings. The number of carbonyl (C=O) groups is 2. The number of halogens is 1. The highest BCUT2D eigenvalue weighted by molar-refractivity contribution is 6.30. The number of amides is 2. The van der Waals surface area contributed by atoms with Gasteiger partial charge in [-0.1, -0.05) is 17.7 Å². The van der Waals surface area contributed by atoms with Crippen LogP contribution < -0.4 is 9.47 Å². The summed E-state index contributed by atoms with van der Waals surface area (Å²) in [6.07, 6.45) is 1.48. The van der Waals surface area contributed by atoms with Crippen molar-refractivity contribution in [2.75, 3.05) is 33.9 Å². The summed E-state index contributed by atoms with van der Waals surface area (Å²) >= 11 is 6.05. The largest absolute Gasteiger partial charge is 0.491 e. The van der Waals surface area contributed by atoms with E-state index in [9.17, 15) is 9.59 Å². The minimum Gasteiger partial charge on any atom is -0.491 e. The fourth-order valence-electron chi connectivity index (χ4n) is 3.94. The molecule has 2 aromatic heterocycles. The van der Waals surface area contributed by atoms with Gasteiger partial charge >= 0.3 is 0 Å². The van der Waals surface area contributed by atoms with Crippen molar-refractivity contribution < 1.29 is 19.1 Å². The Balaban J connectivity index is 1.49. The van der Waals surface area contributed by atoms with Crippen LogP contribution in [-0.2, 0) is 0 Å². The Morgan fingerprint density at radius 1 is 1.06 bits per heavy atom. The summed E-state index contributed by atoms with van der Waals surface area (Å²) in [6, 6.07) is 10.4. The molecule has 3 aromatic rings. The Morgan fingerprint density at radius 2 is 1.85 bits per heavy atom. The molecule has 34 heavy (non-hydrogen) atoms. The van der Waals surface area contributed by atoms with Gasteiger partial charge in [-0.25, -0.2) is 14.6 Å². The van der Waals surface area contributed by atoms with Crippen LogP contribution in [0.4, 0.5) is 0 Å². The Labute approximate surface area is 202 Å². The van der Waals surface area contributed by atoms with Crippen LogP contribution in [0.25, 0.3) is 5.69 Å². The Bertz CT molecular complexity index is 1230. The molecule has 3 heterocycles. The summed E-state index contributed by atoms with van der Waals surface area (Å²) in [5, 5.41) is 4.90. The molecule has 0 radical (unpaired) electrons. The fourth-order valence-corrected chi connectivity index (χ4v) is 4.12. The molecule has 11 heteroatoms. The molecule has 0 unspecified atom stereocenters. The Kier molecular flexibility index (Phi) is 6.43. The molecule has 178 valence electrons. The first-order chi connectivity index (χ1) is 16.2. The van der Waals surface area contributed by atoms with Crippen molar-refractivity contribution >= 4 is 23.4 Å². The van der Waals surface area contributed by atoms with E-state index in [2.05, 4.69) is 15.1 Å². The maximum atomic E-state index is 13.2. The van der Waals surface area contributed by atoms with Gasteiger partial charge in [-0.3, -0.25) is 9.59 Å². The summed E-state index contributed by atoms with van der Waals surface area (Å²) in [6.45, 7) is 4.80. The van der Waals surface area contributed by atoms with Crippen LogP contribution in [0.5, 0.6) is 11.6 Å². The first-order valence-electron chi connectivity index (χ1n) is 10.6. The van der Waals surface area contributed by atoms with E-state index in [1.54, 1.807) is 40.1 Å². The van der Waals surface area contributed by atoms with E-state index < -0.39 is 5.54 Å². The van der Waals surface area contributed by atoms with Crippen molar-refractivity contribution in [2.45, 2.75) is 19.4 Å². The van der Waals surface area contributed by atoms with Gasteiger partial charge in [0.25, 0.3) is 17.7 Å². The normalized spacial score (nSPS) is 15.2. The molecule has 1 aliphatic heterocycles. The summed E-state index contributed by atoms with van der Waals surface area (Å²) in [5.41, 5.74) is 0.301. The number of ether oxygens (including phenoxy) is 2. The molecule has 0 bridgehead atoms. The summed E-state index contributed by atoms with van der Waals surface area (Å²) in [5.74, 6) is 0.211. The minimum atomic E-state index is -0.650. The van der Waals surface area contributed by atoms with E-state index in [-0.39, 0.29) is 29.2 Å². The summed E-state index contributed by atoms with van der Waals surface area (Å²) in [7, 11) is 2.97. The van der Waals surface area contributed by atoms with Crippen LogP contribution >= 0.6 is 11.6 Å². The van der Waals surface area contributed by atoms with Crippen LogP contribution in [0.2, 0.25) is 5.02 Å². The van der Waals surface area contributed by atoms with Gasteiger partial charge in [0, 0.05) is 24.7 Å². The highest BCUT2D eigenvalue weighted by atomic mass is 35.5. The molecule has 10 nitrogen and oxygen atoms in total. The van der Waals surface area contributed by atoms with Crippen molar-refractivity contribution in [1.82, 2.24) is 29.5 Å². The lowest BCUT2D eigenvalue weighted by Gasteiger charge is -2.46.